The van der Waals surface area contributed by atoms with E-state index in [9.17, 15) is 4.79 Å². The number of methoxy groups -OCH3 is 1. The van der Waals surface area contributed by atoms with Crippen LogP contribution in [0.15, 0.2) is 24.3 Å². The molecular formula is C16H19N3O4. The Morgan fingerprint density at radius 3 is 2.83 bits per heavy atom. The fourth-order valence-electron chi connectivity index (χ4n) is 2.59. The topological polar surface area (TPSA) is 86.5 Å². The van der Waals surface area contributed by atoms with Gasteiger partial charge in [0.2, 0.25) is 0 Å². The van der Waals surface area contributed by atoms with Crippen LogP contribution in [0.25, 0.3) is 5.69 Å². The van der Waals surface area contributed by atoms with Crippen LogP contribution < -0.4 is 0 Å². The van der Waals surface area contributed by atoms with E-state index in [0.717, 1.165) is 31.0 Å². The molecule has 1 unspecified atom stereocenters. The van der Waals surface area contributed by atoms with Gasteiger partial charge in [0.05, 0.1) is 17.9 Å². The quantitative estimate of drug-likeness (QED) is 0.877. The average molecular weight is 317 g/mol. The maximum atomic E-state index is 11.0. The predicted molar refractivity (Wildman–Crippen MR) is 81.8 cm³/mol. The first-order chi connectivity index (χ1) is 11.2. The summed E-state index contributed by atoms with van der Waals surface area (Å²) in [5, 5.41) is 13.5. The standard InChI is InChI=1S/C16H19N3O4/c1-22-10-8-14-17-15(13-3-2-9-23-13)19(18-14)12-6-4-11(5-7-12)16(20)21/h4-7,13H,2-3,8-10H2,1H3,(H,20,21). The molecule has 0 radical (unpaired) electrons. The smallest absolute Gasteiger partial charge is 0.335 e. The Morgan fingerprint density at radius 1 is 1.43 bits per heavy atom. The molecule has 7 heteroatoms. The second-order valence-corrected chi connectivity index (χ2v) is 5.39. The van der Waals surface area contributed by atoms with Crippen molar-refractivity contribution in [2.24, 2.45) is 0 Å². The van der Waals surface area contributed by atoms with Gasteiger partial charge in [-0.15, -0.1) is 0 Å². The van der Waals surface area contributed by atoms with Gasteiger partial charge in [0, 0.05) is 20.1 Å². The van der Waals surface area contributed by atoms with Crippen molar-refractivity contribution < 1.29 is 19.4 Å². The van der Waals surface area contributed by atoms with Crippen molar-refractivity contribution in [2.75, 3.05) is 20.3 Å². The van der Waals surface area contributed by atoms with E-state index in [4.69, 9.17) is 14.6 Å². The maximum Gasteiger partial charge on any atom is 0.335 e. The Kier molecular flexibility index (Phi) is 4.68. The average Bonchev–Trinajstić information content (AvgIpc) is 3.22. The molecule has 2 aromatic rings. The van der Waals surface area contributed by atoms with Gasteiger partial charge in [-0.3, -0.25) is 0 Å². The zero-order valence-corrected chi connectivity index (χ0v) is 12.9. The molecule has 1 atom stereocenters. The zero-order chi connectivity index (χ0) is 16.2. The van der Waals surface area contributed by atoms with E-state index < -0.39 is 5.97 Å². The van der Waals surface area contributed by atoms with Crippen LogP contribution in [0, 0.1) is 0 Å². The number of carboxylic acid groups (broad SMARTS) is 1. The highest BCUT2D eigenvalue weighted by molar-refractivity contribution is 5.87. The largest absolute Gasteiger partial charge is 0.478 e. The Bertz CT molecular complexity index is 675. The van der Waals surface area contributed by atoms with Crippen LogP contribution in [0.2, 0.25) is 0 Å². The summed E-state index contributed by atoms with van der Waals surface area (Å²) in [6.07, 6.45) is 2.47. The SMILES string of the molecule is COCCc1nc(C2CCCO2)n(-c2ccc(C(=O)O)cc2)n1. The van der Waals surface area contributed by atoms with E-state index >= 15 is 0 Å². The highest BCUT2D eigenvalue weighted by Crippen LogP contribution is 2.29. The summed E-state index contributed by atoms with van der Waals surface area (Å²) >= 11 is 0. The molecule has 1 aromatic carbocycles. The predicted octanol–water partition coefficient (Wildman–Crippen LogP) is 2.01. The van der Waals surface area contributed by atoms with E-state index in [-0.39, 0.29) is 11.7 Å². The zero-order valence-electron chi connectivity index (χ0n) is 12.9. The third-order valence-electron chi connectivity index (χ3n) is 3.78. The summed E-state index contributed by atoms with van der Waals surface area (Å²) in [6.45, 7) is 1.27. The molecule has 0 bridgehead atoms. The lowest BCUT2D eigenvalue weighted by Gasteiger charge is -2.11. The second-order valence-electron chi connectivity index (χ2n) is 5.39. The molecule has 1 aliphatic heterocycles. The minimum atomic E-state index is -0.949. The maximum absolute atomic E-state index is 11.0. The Morgan fingerprint density at radius 2 is 2.22 bits per heavy atom. The number of aromatic nitrogens is 3. The molecular weight excluding hydrogens is 298 g/mol. The van der Waals surface area contributed by atoms with Crippen molar-refractivity contribution in [1.82, 2.24) is 14.8 Å². The molecule has 23 heavy (non-hydrogen) atoms. The first-order valence-corrected chi connectivity index (χ1v) is 7.59. The van der Waals surface area contributed by atoms with Gasteiger partial charge in [-0.1, -0.05) is 0 Å². The number of benzene rings is 1. The van der Waals surface area contributed by atoms with Crippen LogP contribution in [0.3, 0.4) is 0 Å². The number of hydrogen-bond donors (Lipinski definition) is 1. The Balaban J connectivity index is 1.94. The van der Waals surface area contributed by atoms with Crippen molar-refractivity contribution in [3.05, 3.63) is 41.5 Å². The van der Waals surface area contributed by atoms with Crippen LogP contribution in [0.5, 0.6) is 0 Å². The summed E-state index contributed by atoms with van der Waals surface area (Å²) in [5.74, 6) is 0.506. The van der Waals surface area contributed by atoms with Gasteiger partial charge < -0.3 is 14.6 Å². The first kappa shape index (κ1) is 15.6. The van der Waals surface area contributed by atoms with E-state index in [0.29, 0.717) is 18.9 Å². The Labute approximate surface area is 133 Å². The second kappa shape index (κ2) is 6.89. The van der Waals surface area contributed by atoms with Crippen molar-refractivity contribution in [3.63, 3.8) is 0 Å². The molecule has 1 aromatic heterocycles. The van der Waals surface area contributed by atoms with Gasteiger partial charge >= 0.3 is 5.97 Å². The normalized spacial score (nSPS) is 17.5. The molecule has 0 amide bonds. The van der Waals surface area contributed by atoms with Gasteiger partial charge in [0.15, 0.2) is 11.6 Å². The third kappa shape index (κ3) is 3.40. The molecule has 122 valence electrons. The number of nitrogens with zero attached hydrogens (tertiary/aromatic N) is 3. The lowest BCUT2D eigenvalue weighted by atomic mass is 10.2. The molecule has 1 aliphatic rings. The Hall–Kier alpha value is -2.25. The molecule has 7 nitrogen and oxygen atoms in total. The van der Waals surface area contributed by atoms with Crippen LogP contribution in [0.1, 0.15) is 41.0 Å². The number of carbonyl (C=O) groups is 1. The summed E-state index contributed by atoms with van der Waals surface area (Å²) in [4.78, 5) is 15.6. The van der Waals surface area contributed by atoms with Gasteiger partial charge in [-0.2, -0.15) is 5.10 Å². The van der Waals surface area contributed by atoms with E-state index in [2.05, 4.69) is 10.1 Å². The van der Waals surface area contributed by atoms with E-state index in [1.54, 1.807) is 36.1 Å². The minimum Gasteiger partial charge on any atom is -0.478 e. The summed E-state index contributed by atoms with van der Waals surface area (Å²) in [5.41, 5.74) is 1.02. The molecule has 1 fully saturated rings. The van der Waals surface area contributed by atoms with Crippen molar-refractivity contribution in [2.45, 2.75) is 25.4 Å². The lowest BCUT2D eigenvalue weighted by Crippen LogP contribution is -2.08. The molecule has 1 saturated heterocycles. The van der Waals surface area contributed by atoms with Gasteiger partial charge in [-0.05, 0) is 37.1 Å². The number of rotatable bonds is 6. The lowest BCUT2D eigenvalue weighted by molar-refractivity contribution is 0.0697. The van der Waals surface area contributed by atoms with E-state index in [1.807, 2.05) is 0 Å². The van der Waals surface area contributed by atoms with E-state index in [1.165, 1.54) is 0 Å². The highest BCUT2D eigenvalue weighted by atomic mass is 16.5. The summed E-state index contributed by atoms with van der Waals surface area (Å²) in [7, 11) is 1.64. The first-order valence-electron chi connectivity index (χ1n) is 7.59. The fraction of sp³-hybridized carbons (Fsp3) is 0.438. The highest BCUT2D eigenvalue weighted by Gasteiger charge is 2.25. The molecule has 3 rings (SSSR count). The summed E-state index contributed by atoms with van der Waals surface area (Å²) in [6, 6.07) is 6.59. The van der Waals surface area contributed by atoms with Gasteiger partial charge in [-0.25, -0.2) is 14.5 Å². The molecule has 0 saturated carbocycles. The van der Waals surface area contributed by atoms with Crippen molar-refractivity contribution >= 4 is 5.97 Å². The molecule has 1 N–H and O–H groups in total. The molecule has 0 aliphatic carbocycles. The molecule has 2 heterocycles. The minimum absolute atomic E-state index is 0.0713. The molecule has 0 spiro atoms. The monoisotopic (exact) mass is 317 g/mol. The van der Waals surface area contributed by atoms with Gasteiger partial charge in [0.25, 0.3) is 0 Å². The van der Waals surface area contributed by atoms with Crippen LogP contribution in [0.4, 0.5) is 0 Å². The van der Waals surface area contributed by atoms with Crippen molar-refractivity contribution in [1.29, 1.82) is 0 Å². The number of carboxylic acids is 1. The third-order valence-corrected chi connectivity index (χ3v) is 3.78. The van der Waals surface area contributed by atoms with Crippen LogP contribution in [-0.4, -0.2) is 46.2 Å². The fourth-order valence-corrected chi connectivity index (χ4v) is 2.59. The van der Waals surface area contributed by atoms with Crippen LogP contribution >= 0.6 is 0 Å². The van der Waals surface area contributed by atoms with Crippen LogP contribution in [-0.2, 0) is 15.9 Å². The van der Waals surface area contributed by atoms with Crippen molar-refractivity contribution in [3.8, 4) is 5.69 Å². The number of hydrogen-bond acceptors (Lipinski definition) is 5. The number of aromatic carboxylic acids is 1. The number of ether oxygens (including phenoxy) is 2. The summed E-state index contributed by atoms with van der Waals surface area (Å²) < 4.78 is 12.6. The van der Waals surface area contributed by atoms with Gasteiger partial charge in [0.1, 0.15) is 6.10 Å².